The van der Waals surface area contributed by atoms with Crippen LogP contribution in [0.5, 0.6) is 0 Å². The van der Waals surface area contributed by atoms with E-state index >= 15 is 0 Å². The van der Waals surface area contributed by atoms with Gasteiger partial charge in [0.1, 0.15) is 11.4 Å². The molecule has 1 aromatic rings. The van der Waals surface area contributed by atoms with Gasteiger partial charge in [-0.25, -0.2) is 8.42 Å². The second-order valence-electron chi connectivity index (χ2n) is 5.21. The van der Waals surface area contributed by atoms with Crippen LogP contribution in [0.4, 0.5) is 0 Å². The van der Waals surface area contributed by atoms with Crippen LogP contribution in [-0.4, -0.2) is 47.7 Å². The monoisotopic (exact) mass is 315 g/mol. The predicted molar refractivity (Wildman–Crippen MR) is 76.2 cm³/mol. The first-order chi connectivity index (χ1) is 9.78. The van der Waals surface area contributed by atoms with E-state index in [0.717, 1.165) is 12.8 Å². The molecule has 2 rings (SSSR count). The first-order valence-corrected chi connectivity index (χ1v) is 8.40. The van der Waals surface area contributed by atoms with Crippen molar-refractivity contribution in [2.24, 2.45) is 7.05 Å². The number of aryl methyl sites for hydroxylation is 2. The zero-order valence-electron chi connectivity index (χ0n) is 12.8. The van der Waals surface area contributed by atoms with Gasteiger partial charge in [0.2, 0.25) is 10.0 Å². The number of ether oxygens (including phenoxy) is 1. The summed E-state index contributed by atoms with van der Waals surface area (Å²) in [6.45, 7) is 5.07. The topological polar surface area (TPSA) is 81.5 Å². The molecule has 0 N–H and O–H groups in total. The lowest BCUT2D eigenvalue weighted by Crippen LogP contribution is -2.38. The molecule has 0 aromatic carbocycles. The molecule has 0 saturated heterocycles. The summed E-state index contributed by atoms with van der Waals surface area (Å²) in [5.41, 5.74) is 1.02. The fourth-order valence-electron chi connectivity index (χ4n) is 2.35. The van der Waals surface area contributed by atoms with Crippen LogP contribution in [0, 0.1) is 13.8 Å². The molecule has 8 heteroatoms. The molecule has 1 saturated carbocycles. The molecule has 0 bridgehead atoms. The van der Waals surface area contributed by atoms with Gasteiger partial charge in [-0.05, 0) is 33.6 Å². The SMILES string of the molecule is CCOC(=O)CN(C1CC1)S(=O)(=O)c1c(C)nn(C)c1C. The summed E-state index contributed by atoms with van der Waals surface area (Å²) in [6.07, 6.45) is 1.55. The molecule has 0 spiro atoms. The number of hydrogen-bond donors (Lipinski definition) is 0. The summed E-state index contributed by atoms with van der Waals surface area (Å²) in [5.74, 6) is -0.521. The Balaban J connectivity index is 2.36. The van der Waals surface area contributed by atoms with Crippen molar-refractivity contribution in [3.63, 3.8) is 0 Å². The van der Waals surface area contributed by atoms with Gasteiger partial charge in [0.15, 0.2) is 0 Å². The third-order valence-corrected chi connectivity index (χ3v) is 5.71. The molecule has 1 fully saturated rings. The van der Waals surface area contributed by atoms with Crippen molar-refractivity contribution >= 4 is 16.0 Å². The van der Waals surface area contributed by atoms with Gasteiger partial charge in [-0.3, -0.25) is 9.48 Å². The van der Waals surface area contributed by atoms with Crippen LogP contribution in [0.15, 0.2) is 4.90 Å². The average Bonchev–Trinajstić information content (AvgIpc) is 3.15. The van der Waals surface area contributed by atoms with E-state index in [4.69, 9.17) is 4.74 Å². The fourth-order valence-corrected chi connectivity index (χ4v) is 4.38. The summed E-state index contributed by atoms with van der Waals surface area (Å²) in [7, 11) is -2.04. The van der Waals surface area contributed by atoms with Crippen molar-refractivity contribution in [3.05, 3.63) is 11.4 Å². The van der Waals surface area contributed by atoms with E-state index in [1.165, 1.54) is 8.99 Å². The second-order valence-corrected chi connectivity index (χ2v) is 7.04. The molecule has 1 aliphatic carbocycles. The molecule has 0 unspecified atom stereocenters. The number of hydrogen-bond acceptors (Lipinski definition) is 5. The molecule has 0 radical (unpaired) electrons. The number of carbonyl (C=O) groups is 1. The summed E-state index contributed by atoms with van der Waals surface area (Å²) < 4.78 is 33.4. The Kier molecular flexibility index (Phi) is 4.38. The van der Waals surface area contributed by atoms with Crippen LogP contribution in [-0.2, 0) is 26.6 Å². The molecule has 0 atom stereocenters. The van der Waals surface area contributed by atoms with Crippen molar-refractivity contribution in [2.75, 3.05) is 13.2 Å². The molecule has 118 valence electrons. The Morgan fingerprint density at radius 3 is 2.48 bits per heavy atom. The number of carbonyl (C=O) groups excluding carboxylic acids is 1. The number of nitrogens with zero attached hydrogens (tertiary/aromatic N) is 3. The molecule has 7 nitrogen and oxygen atoms in total. The Bertz CT molecular complexity index is 647. The molecule has 1 aliphatic rings. The molecule has 0 amide bonds. The third kappa shape index (κ3) is 3.11. The van der Waals surface area contributed by atoms with Crippen molar-refractivity contribution in [1.29, 1.82) is 0 Å². The van der Waals surface area contributed by atoms with Gasteiger partial charge in [0.25, 0.3) is 0 Å². The van der Waals surface area contributed by atoms with Gasteiger partial charge in [0.05, 0.1) is 18.0 Å². The molecular weight excluding hydrogens is 294 g/mol. The Labute approximate surface area is 124 Å². The first-order valence-electron chi connectivity index (χ1n) is 6.96. The largest absolute Gasteiger partial charge is 0.465 e. The lowest BCUT2D eigenvalue weighted by molar-refractivity contribution is -0.143. The van der Waals surface area contributed by atoms with Crippen LogP contribution in [0.25, 0.3) is 0 Å². The Hall–Kier alpha value is -1.41. The zero-order valence-corrected chi connectivity index (χ0v) is 13.6. The van der Waals surface area contributed by atoms with Gasteiger partial charge >= 0.3 is 5.97 Å². The fraction of sp³-hybridized carbons (Fsp3) is 0.692. The highest BCUT2D eigenvalue weighted by atomic mass is 32.2. The van der Waals surface area contributed by atoms with Crippen molar-refractivity contribution in [1.82, 2.24) is 14.1 Å². The van der Waals surface area contributed by atoms with E-state index < -0.39 is 16.0 Å². The van der Waals surface area contributed by atoms with Gasteiger partial charge in [-0.2, -0.15) is 9.40 Å². The molecule has 21 heavy (non-hydrogen) atoms. The normalized spacial score (nSPS) is 15.5. The number of rotatable bonds is 6. The van der Waals surface area contributed by atoms with Crippen LogP contribution >= 0.6 is 0 Å². The summed E-state index contributed by atoms with van der Waals surface area (Å²) >= 11 is 0. The van der Waals surface area contributed by atoms with E-state index in [-0.39, 0.29) is 24.1 Å². The van der Waals surface area contributed by atoms with E-state index in [9.17, 15) is 13.2 Å². The van der Waals surface area contributed by atoms with Gasteiger partial charge in [-0.1, -0.05) is 0 Å². The van der Waals surface area contributed by atoms with Crippen LogP contribution in [0.2, 0.25) is 0 Å². The maximum absolute atomic E-state index is 12.9. The maximum Gasteiger partial charge on any atom is 0.321 e. The zero-order chi connectivity index (χ0) is 15.8. The lowest BCUT2D eigenvalue weighted by atomic mass is 10.4. The van der Waals surface area contributed by atoms with Crippen LogP contribution < -0.4 is 0 Å². The van der Waals surface area contributed by atoms with Crippen molar-refractivity contribution in [2.45, 2.75) is 44.6 Å². The summed E-state index contributed by atoms with van der Waals surface area (Å²) in [4.78, 5) is 11.9. The summed E-state index contributed by atoms with van der Waals surface area (Å²) in [5, 5.41) is 4.15. The quantitative estimate of drug-likeness (QED) is 0.724. The van der Waals surface area contributed by atoms with Gasteiger partial charge in [-0.15, -0.1) is 0 Å². The van der Waals surface area contributed by atoms with E-state index in [1.54, 1.807) is 27.8 Å². The third-order valence-electron chi connectivity index (χ3n) is 3.55. The molecular formula is C13H21N3O4S. The van der Waals surface area contributed by atoms with Gasteiger partial charge < -0.3 is 4.74 Å². The number of sulfonamides is 1. The van der Waals surface area contributed by atoms with E-state index in [1.807, 2.05) is 0 Å². The lowest BCUT2D eigenvalue weighted by Gasteiger charge is -2.21. The highest BCUT2D eigenvalue weighted by molar-refractivity contribution is 7.89. The average molecular weight is 315 g/mol. The highest BCUT2D eigenvalue weighted by Crippen LogP contribution is 2.33. The van der Waals surface area contributed by atoms with Gasteiger partial charge in [0, 0.05) is 13.1 Å². The predicted octanol–water partition coefficient (Wildman–Crippen LogP) is 0.753. The van der Waals surface area contributed by atoms with E-state index in [0.29, 0.717) is 11.4 Å². The second kappa shape index (κ2) is 5.76. The number of aromatic nitrogens is 2. The minimum atomic E-state index is -3.74. The smallest absolute Gasteiger partial charge is 0.321 e. The van der Waals surface area contributed by atoms with Crippen molar-refractivity contribution < 1.29 is 17.9 Å². The molecule has 1 heterocycles. The highest BCUT2D eigenvalue weighted by Gasteiger charge is 2.41. The summed E-state index contributed by atoms with van der Waals surface area (Å²) in [6, 6.07) is -0.113. The molecule has 0 aliphatic heterocycles. The van der Waals surface area contributed by atoms with Crippen molar-refractivity contribution in [3.8, 4) is 0 Å². The molecule has 1 aromatic heterocycles. The van der Waals surface area contributed by atoms with Crippen LogP contribution in [0.3, 0.4) is 0 Å². The standard InChI is InChI=1S/C13H21N3O4S/c1-5-20-12(17)8-16(11-6-7-11)21(18,19)13-9(2)14-15(4)10(13)3/h11H,5-8H2,1-4H3. The first kappa shape index (κ1) is 16.0. The minimum Gasteiger partial charge on any atom is -0.465 e. The number of esters is 1. The minimum absolute atomic E-state index is 0.113. The van der Waals surface area contributed by atoms with E-state index in [2.05, 4.69) is 5.10 Å². The Morgan fingerprint density at radius 2 is 2.05 bits per heavy atom. The van der Waals surface area contributed by atoms with Crippen LogP contribution in [0.1, 0.15) is 31.2 Å². The Morgan fingerprint density at radius 1 is 1.43 bits per heavy atom. The maximum atomic E-state index is 12.9.